The van der Waals surface area contributed by atoms with Crippen LogP contribution in [0.5, 0.6) is 0 Å². The first-order chi connectivity index (χ1) is 9.90. The van der Waals surface area contributed by atoms with Crippen molar-refractivity contribution in [2.75, 3.05) is 7.05 Å². The maximum atomic E-state index is 12.9. The van der Waals surface area contributed by atoms with Gasteiger partial charge in [-0.2, -0.15) is 0 Å². The molecule has 4 nitrogen and oxygen atoms in total. The molecule has 3 atom stereocenters. The van der Waals surface area contributed by atoms with Gasteiger partial charge in [-0.1, -0.05) is 12.1 Å². The zero-order valence-electron chi connectivity index (χ0n) is 12.3. The number of amides is 1. The lowest BCUT2D eigenvalue weighted by atomic mass is 10.0. The van der Waals surface area contributed by atoms with Crippen molar-refractivity contribution in [2.24, 2.45) is 11.8 Å². The molecule has 0 heterocycles. The van der Waals surface area contributed by atoms with E-state index in [1.165, 1.54) is 12.1 Å². The van der Waals surface area contributed by atoms with Gasteiger partial charge in [0.05, 0.1) is 12.0 Å². The van der Waals surface area contributed by atoms with Crippen LogP contribution in [0.4, 0.5) is 4.39 Å². The molecule has 5 heteroatoms. The zero-order valence-corrected chi connectivity index (χ0v) is 12.3. The second-order valence-corrected chi connectivity index (χ2v) is 5.72. The zero-order chi connectivity index (χ0) is 15.6. The highest BCUT2D eigenvalue weighted by Crippen LogP contribution is 2.33. The lowest BCUT2D eigenvalue weighted by Gasteiger charge is -2.28. The highest BCUT2D eigenvalue weighted by atomic mass is 19.1. The van der Waals surface area contributed by atoms with E-state index in [0.29, 0.717) is 19.3 Å². The van der Waals surface area contributed by atoms with E-state index >= 15 is 0 Å². The Morgan fingerprint density at radius 1 is 1.24 bits per heavy atom. The maximum Gasteiger partial charge on any atom is 0.306 e. The van der Waals surface area contributed by atoms with Crippen LogP contribution in [0.1, 0.15) is 37.8 Å². The van der Waals surface area contributed by atoms with Crippen LogP contribution >= 0.6 is 0 Å². The summed E-state index contributed by atoms with van der Waals surface area (Å²) in [5, 5.41) is 9.00. The second kappa shape index (κ2) is 6.24. The Balaban J connectivity index is 2.02. The average molecular weight is 293 g/mol. The van der Waals surface area contributed by atoms with E-state index < -0.39 is 11.9 Å². The summed E-state index contributed by atoms with van der Waals surface area (Å²) in [6.07, 6.45) is 1.59. The van der Waals surface area contributed by atoms with Crippen molar-refractivity contribution in [3.8, 4) is 0 Å². The van der Waals surface area contributed by atoms with Gasteiger partial charge >= 0.3 is 5.97 Å². The fourth-order valence-corrected chi connectivity index (χ4v) is 2.87. The van der Waals surface area contributed by atoms with Gasteiger partial charge in [0.15, 0.2) is 0 Å². The Morgan fingerprint density at radius 3 is 2.33 bits per heavy atom. The van der Waals surface area contributed by atoms with Crippen molar-refractivity contribution >= 4 is 11.9 Å². The van der Waals surface area contributed by atoms with Gasteiger partial charge in [0.1, 0.15) is 5.82 Å². The third kappa shape index (κ3) is 3.40. The van der Waals surface area contributed by atoms with Gasteiger partial charge in [-0.05, 0) is 43.9 Å². The largest absolute Gasteiger partial charge is 0.481 e. The number of nitrogens with zero attached hydrogens (tertiary/aromatic N) is 1. The van der Waals surface area contributed by atoms with Crippen LogP contribution in [0.15, 0.2) is 24.3 Å². The van der Waals surface area contributed by atoms with Gasteiger partial charge in [-0.25, -0.2) is 4.39 Å². The number of benzene rings is 1. The summed E-state index contributed by atoms with van der Waals surface area (Å²) in [5.74, 6) is -1.79. The standard InChI is InChI=1S/C16H20FNO3/c1-10(11-5-7-14(17)8-6-11)18(2)15(19)12-3-4-13(9-12)16(20)21/h5-8,10,12-13H,3-4,9H2,1-2H3,(H,20,21). The van der Waals surface area contributed by atoms with E-state index in [1.807, 2.05) is 6.92 Å². The number of halogens is 1. The summed E-state index contributed by atoms with van der Waals surface area (Å²) in [6, 6.07) is 5.92. The molecule has 0 bridgehead atoms. The summed E-state index contributed by atoms with van der Waals surface area (Å²) in [6.45, 7) is 1.88. The molecule has 0 aliphatic heterocycles. The van der Waals surface area contributed by atoms with Crippen LogP contribution in [0.2, 0.25) is 0 Å². The predicted molar refractivity (Wildman–Crippen MR) is 76.1 cm³/mol. The lowest BCUT2D eigenvalue weighted by Crippen LogP contribution is -2.34. The van der Waals surface area contributed by atoms with Gasteiger partial charge in [-0.3, -0.25) is 9.59 Å². The second-order valence-electron chi connectivity index (χ2n) is 5.72. The topological polar surface area (TPSA) is 57.6 Å². The smallest absolute Gasteiger partial charge is 0.306 e. The third-order valence-electron chi connectivity index (χ3n) is 4.41. The Kier molecular flexibility index (Phi) is 4.60. The quantitative estimate of drug-likeness (QED) is 0.928. The molecule has 114 valence electrons. The van der Waals surface area contributed by atoms with Crippen LogP contribution < -0.4 is 0 Å². The van der Waals surface area contributed by atoms with Crippen molar-refractivity contribution in [3.63, 3.8) is 0 Å². The molecule has 21 heavy (non-hydrogen) atoms. The van der Waals surface area contributed by atoms with Crippen LogP contribution in [0, 0.1) is 17.7 Å². The number of rotatable bonds is 4. The van der Waals surface area contributed by atoms with Gasteiger partial charge < -0.3 is 10.0 Å². The van der Waals surface area contributed by atoms with E-state index in [4.69, 9.17) is 5.11 Å². The molecule has 1 aliphatic carbocycles. The van der Waals surface area contributed by atoms with E-state index in [2.05, 4.69) is 0 Å². The minimum absolute atomic E-state index is 0.0319. The molecule has 1 N–H and O–H groups in total. The molecule has 1 aromatic rings. The molecule has 1 saturated carbocycles. The van der Waals surface area contributed by atoms with E-state index in [0.717, 1.165) is 5.56 Å². The third-order valence-corrected chi connectivity index (χ3v) is 4.41. The first-order valence-electron chi connectivity index (χ1n) is 7.15. The number of hydrogen-bond acceptors (Lipinski definition) is 2. The molecule has 0 aromatic heterocycles. The number of carboxylic acids is 1. The van der Waals surface area contributed by atoms with Crippen LogP contribution in [-0.4, -0.2) is 28.9 Å². The van der Waals surface area contributed by atoms with Crippen LogP contribution in [-0.2, 0) is 9.59 Å². The van der Waals surface area contributed by atoms with Crippen molar-refractivity contribution in [1.82, 2.24) is 4.90 Å². The van der Waals surface area contributed by atoms with E-state index in [-0.39, 0.29) is 23.7 Å². The fraction of sp³-hybridized carbons (Fsp3) is 0.500. The maximum absolute atomic E-state index is 12.9. The number of carbonyl (C=O) groups is 2. The Morgan fingerprint density at radius 2 is 1.81 bits per heavy atom. The van der Waals surface area contributed by atoms with Gasteiger partial charge in [-0.15, -0.1) is 0 Å². The Hall–Kier alpha value is -1.91. The molecule has 1 aromatic carbocycles. The van der Waals surface area contributed by atoms with Crippen LogP contribution in [0.25, 0.3) is 0 Å². The molecular weight excluding hydrogens is 273 g/mol. The van der Waals surface area contributed by atoms with Gasteiger partial charge in [0.2, 0.25) is 5.91 Å². The highest BCUT2D eigenvalue weighted by molar-refractivity contribution is 5.81. The van der Waals surface area contributed by atoms with Gasteiger partial charge in [0.25, 0.3) is 0 Å². The molecule has 2 rings (SSSR count). The normalized spacial score (nSPS) is 22.8. The lowest BCUT2D eigenvalue weighted by molar-refractivity contribution is -0.141. The highest BCUT2D eigenvalue weighted by Gasteiger charge is 2.36. The van der Waals surface area contributed by atoms with Crippen molar-refractivity contribution < 1.29 is 19.1 Å². The summed E-state index contributed by atoms with van der Waals surface area (Å²) in [5.41, 5.74) is 0.861. The first-order valence-corrected chi connectivity index (χ1v) is 7.15. The molecule has 1 amide bonds. The molecule has 1 aliphatic rings. The molecule has 1 fully saturated rings. The minimum Gasteiger partial charge on any atom is -0.481 e. The molecule has 0 radical (unpaired) electrons. The van der Waals surface area contributed by atoms with E-state index in [9.17, 15) is 14.0 Å². The van der Waals surface area contributed by atoms with Crippen LogP contribution in [0.3, 0.4) is 0 Å². The minimum atomic E-state index is -0.820. The Labute approximate surface area is 123 Å². The summed E-state index contributed by atoms with van der Waals surface area (Å²) >= 11 is 0. The number of carboxylic acid groups (broad SMARTS) is 1. The SMILES string of the molecule is CC(c1ccc(F)cc1)N(C)C(=O)C1CCC(C(=O)O)C1. The number of aliphatic carboxylic acids is 1. The number of hydrogen-bond donors (Lipinski definition) is 1. The first kappa shape index (κ1) is 15.5. The molecule has 3 unspecified atom stereocenters. The number of carbonyl (C=O) groups excluding carboxylic acids is 1. The summed E-state index contributed by atoms with van der Waals surface area (Å²) in [4.78, 5) is 25.0. The summed E-state index contributed by atoms with van der Waals surface area (Å²) in [7, 11) is 1.71. The van der Waals surface area contributed by atoms with Crippen molar-refractivity contribution in [2.45, 2.75) is 32.2 Å². The summed E-state index contributed by atoms with van der Waals surface area (Å²) < 4.78 is 12.9. The predicted octanol–water partition coefficient (Wildman–Crippen LogP) is 2.85. The average Bonchev–Trinajstić information content (AvgIpc) is 2.96. The Bertz CT molecular complexity index is 529. The molecular formula is C16H20FNO3. The van der Waals surface area contributed by atoms with Gasteiger partial charge in [0, 0.05) is 13.0 Å². The molecule has 0 spiro atoms. The molecule has 0 saturated heterocycles. The monoisotopic (exact) mass is 293 g/mol. The fourth-order valence-electron chi connectivity index (χ4n) is 2.87. The van der Waals surface area contributed by atoms with Crippen molar-refractivity contribution in [3.05, 3.63) is 35.6 Å². The van der Waals surface area contributed by atoms with Crippen molar-refractivity contribution in [1.29, 1.82) is 0 Å². The van der Waals surface area contributed by atoms with E-state index in [1.54, 1.807) is 24.1 Å².